The maximum Gasteiger partial charge on any atom is 0.344 e. The van der Waals surface area contributed by atoms with Crippen molar-refractivity contribution < 1.29 is 23.5 Å². The molecule has 0 heterocycles. The molecule has 0 spiro atoms. The Bertz CT molecular complexity index is 721. The molecule has 1 N–H and O–H groups in total. The molecule has 0 aliphatic heterocycles. The molecule has 0 radical (unpaired) electrons. The largest absolute Gasteiger partial charge is 0.482 e. The molecule has 2 aromatic rings. The molecule has 0 aliphatic rings. The monoisotopic (exact) mass is 351 g/mol. The van der Waals surface area contributed by atoms with Crippen molar-refractivity contribution >= 4 is 29.2 Å². The molecule has 0 saturated heterocycles. The van der Waals surface area contributed by atoms with Gasteiger partial charge in [0.25, 0.3) is 5.91 Å². The molecule has 0 unspecified atom stereocenters. The lowest BCUT2D eigenvalue weighted by atomic mass is 10.3. The van der Waals surface area contributed by atoms with Gasteiger partial charge in [0, 0.05) is 5.02 Å². The summed E-state index contributed by atoms with van der Waals surface area (Å²) >= 11 is 5.74. The third kappa shape index (κ3) is 5.24. The number of hydrogen-bond acceptors (Lipinski definition) is 4. The summed E-state index contributed by atoms with van der Waals surface area (Å²) in [5.74, 6) is -1.49. The van der Waals surface area contributed by atoms with Crippen LogP contribution in [-0.2, 0) is 14.3 Å². The van der Waals surface area contributed by atoms with E-state index in [2.05, 4.69) is 5.32 Å². The van der Waals surface area contributed by atoms with Crippen molar-refractivity contribution in [2.45, 2.75) is 13.0 Å². The first-order valence-electron chi connectivity index (χ1n) is 7.09. The molecule has 7 heteroatoms. The molecule has 0 aromatic heterocycles. The topological polar surface area (TPSA) is 64.6 Å². The Morgan fingerprint density at radius 1 is 1.17 bits per heavy atom. The van der Waals surface area contributed by atoms with E-state index < -0.39 is 23.8 Å². The van der Waals surface area contributed by atoms with Crippen molar-refractivity contribution in [3.05, 3.63) is 59.4 Å². The SMILES string of the molecule is C[C@@H](OC(=O)COc1ccc(Cl)cc1)C(=O)Nc1ccccc1F. The number of ether oxygens (including phenoxy) is 2. The van der Waals surface area contributed by atoms with Crippen LogP contribution in [0.1, 0.15) is 6.92 Å². The van der Waals surface area contributed by atoms with Crippen molar-refractivity contribution in [2.24, 2.45) is 0 Å². The molecule has 0 bridgehead atoms. The fourth-order valence-corrected chi connectivity index (χ4v) is 1.88. The van der Waals surface area contributed by atoms with Crippen LogP contribution in [0, 0.1) is 5.82 Å². The predicted molar refractivity (Wildman–Crippen MR) is 87.5 cm³/mol. The van der Waals surface area contributed by atoms with Crippen LogP contribution in [0.25, 0.3) is 0 Å². The van der Waals surface area contributed by atoms with Crippen molar-refractivity contribution in [2.75, 3.05) is 11.9 Å². The van der Waals surface area contributed by atoms with E-state index in [1.807, 2.05) is 0 Å². The van der Waals surface area contributed by atoms with Crippen LogP contribution in [0.3, 0.4) is 0 Å². The van der Waals surface area contributed by atoms with Gasteiger partial charge in [-0.2, -0.15) is 0 Å². The lowest BCUT2D eigenvalue weighted by Gasteiger charge is -2.14. The van der Waals surface area contributed by atoms with Gasteiger partial charge in [-0.15, -0.1) is 0 Å². The zero-order chi connectivity index (χ0) is 17.5. The van der Waals surface area contributed by atoms with Crippen LogP contribution in [0.15, 0.2) is 48.5 Å². The summed E-state index contributed by atoms with van der Waals surface area (Å²) in [4.78, 5) is 23.6. The minimum absolute atomic E-state index is 0.0165. The minimum Gasteiger partial charge on any atom is -0.482 e. The molecule has 0 aliphatic carbocycles. The summed E-state index contributed by atoms with van der Waals surface area (Å²) in [6.45, 7) is 1.02. The van der Waals surface area contributed by atoms with Gasteiger partial charge in [0.2, 0.25) is 0 Å². The summed E-state index contributed by atoms with van der Waals surface area (Å²) in [5.41, 5.74) is 0.0165. The molecule has 0 saturated carbocycles. The molecule has 126 valence electrons. The van der Waals surface area contributed by atoms with Gasteiger partial charge < -0.3 is 14.8 Å². The summed E-state index contributed by atoms with van der Waals surface area (Å²) in [5, 5.41) is 2.89. The van der Waals surface area contributed by atoms with E-state index in [0.717, 1.165) is 0 Å². The van der Waals surface area contributed by atoms with E-state index in [9.17, 15) is 14.0 Å². The minimum atomic E-state index is -1.09. The number of carbonyl (C=O) groups excluding carboxylic acids is 2. The highest BCUT2D eigenvalue weighted by Crippen LogP contribution is 2.16. The third-order valence-corrected chi connectivity index (χ3v) is 3.23. The second kappa shape index (κ2) is 8.31. The molecule has 2 rings (SSSR count). The number of para-hydroxylation sites is 1. The second-order valence-corrected chi connectivity index (χ2v) is 5.28. The highest BCUT2D eigenvalue weighted by atomic mass is 35.5. The average Bonchev–Trinajstić information content (AvgIpc) is 2.56. The van der Waals surface area contributed by atoms with E-state index in [1.165, 1.54) is 25.1 Å². The Balaban J connectivity index is 1.81. The molecule has 2 aromatic carbocycles. The molecule has 24 heavy (non-hydrogen) atoms. The quantitative estimate of drug-likeness (QED) is 0.810. The highest BCUT2D eigenvalue weighted by Gasteiger charge is 2.19. The van der Waals surface area contributed by atoms with Gasteiger partial charge in [0.15, 0.2) is 12.7 Å². The first-order chi connectivity index (χ1) is 11.5. The van der Waals surface area contributed by atoms with Crippen LogP contribution >= 0.6 is 11.6 Å². The van der Waals surface area contributed by atoms with Gasteiger partial charge in [0.05, 0.1) is 5.69 Å². The molecule has 0 fully saturated rings. The number of rotatable bonds is 6. The Morgan fingerprint density at radius 2 is 1.83 bits per heavy atom. The highest BCUT2D eigenvalue weighted by molar-refractivity contribution is 6.30. The zero-order valence-electron chi connectivity index (χ0n) is 12.8. The first kappa shape index (κ1) is 17.7. The Kier molecular flexibility index (Phi) is 6.14. The normalized spacial score (nSPS) is 11.5. The van der Waals surface area contributed by atoms with E-state index in [1.54, 1.807) is 30.3 Å². The number of esters is 1. The van der Waals surface area contributed by atoms with Gasteiger partial charge in [0.1, 0.15) is 11.6 Å². The lowest BCUT2D eigenvalue weighted by molar-refractivity contribution is -0.155. The number of carbonyl (C=O) groups is 2. The number of amides is 1. The fraction of sp³-hybridized carbons (Fsp3) is 0.176. The van der Waals surface area contributed by atoms with Crippen LogP contribution in [0.5, 0.6) is 5.75 Å². The maximum absolute atomic E-state index is 13.5. The predicted octanol–water partition coefficient (Wildman–Crippen LogP) is 3.43. The van der Waals surface area contributed by atoms with Crippen molar-refractivity contribution in [1.82, 2.24) is 0 Å². The summed E-state index contributed by atoms with van der Waals surface area (Å²) in [6.07, 6.45) is -1.09. The van der Waals surface area contributed by atoms with Gasteiger partial charge in [-0.05, 0) is 43.3 Å². The van der Waals surface area contributed by atoms with E-state index in [-0.39, 0.29) is 12.3 Å². The van der Waals surface area contributed by atoms with Gasteiger partial charge >= 0.3 is 5.97 Å². The van der Waals surface area contributed by atoms with E-state index in [4.69, 9.17) is 21.1 Å². The van der Waals surface area contributed by atoms with Crippen LogP contribution in [-0.4, -0.2) is 24.6 Å². The summed E-state index contributed by atoms with van der Waals surface area (Å²) in [7, 11) is 0. The molecule has 1 amide bonds. The van der Waals surface area contributed by atoms with Crippen LogP contribution < -0.4 is 10.1 Å². The standard InChI is InChI=1S/C17H15ClFNO4/c1-11(17(22)20-15-5-3-2-4-14(15)19)24-16(21)10-23-13-8-6-12(18)7-9-13/h2-9,11H,10H2,1H3,(H,20,22)/t11-/m1/s1. The fourth-order valence-electron chi connectivity index (χ4n) is 1.75. The lowest BCUT2D eigenvalue weighted by Crippen LogP contribution is -2.31. The van der Waals surface area contributed by atoms with Crippen molar-refractivity contribution in [3.8, 4) is 5.75 Å². The zero-order valence-corrected chi connectivity index (χ0v) is 13.5. The molecule has 1 atom stereocenters. The smallest absolute Gasteiger partial charge is 0.344 e. The first-order valence-corrected chi connectivity index (χ1v) is 7.47. The van der Waals surface area contributed by atoms with Gasteiger partial charge in [-0.3, -0.25) is 4.79 Å². The van der Waals surface area contributed by atoms with E-state index >= 15 is 0 Å². The summed E-state index contributed by atoms with van der Waals surface area (Å²) < 4.78 is 23.6. The van der Waals surface area contributed by atoms with E-state index in [0.29, 0.717) is 10.8 Å². The number of anilines is 1. The number of hydrogen-bond donors (Lipinski definition) is 1. The maximum atomic E-state index is 13.5. The molecular weight excluding hydrogens is 337 g/mol. The number of halogens is 2. The van der Waals surface area contributed by atoms with Gasteiger partial charge in [-0.25, -0.2) is 9.18 Å². The molecular formula is C17H15ClFNO4. The Morgan fingerprint density at radius 3 is 2.50 bits per heavy atom. The summed E-state index contributed by atoms with van der Waals surface area (Å²) in [6, 6.07) is 12.1. The third-order valence-electron chi connectivity index (χ3n) is 2.98. The van der Waals surface area contributed by atoms with Crippen molar-refractivity contribution in [3.63, 3.8) is 0 Å². The Hall–Kier alpha value is -2.60. The van der Waals surface area contributed by atoms with Crippen LogP contribution in [0.4, 0.5) is 10.1 Å². The second-order valence-electron chi connectivity index (χ2n) is 4.84. The number of nitrogens with one attached hydrogen (secondary N) is 1. The Labute approximate surface area is 143 Å². The van der Waals surface area contributed by atoms with Crippen molar-refractivity contribution in [1.29, 1.82) is 0 Å². The van der Waals surface area contributed by atoms with Gasteiger partial charge in [-0.1, -0.05) is 23.7 Å². The van der Waals surface area contributed by atoms with Crippen LogP contribution in [0.2, 0.25) is 5.02 Å². The average molecular weight is 352 g/mol. The number of benzene rings is 2. The molecule has 5 nitrogen and oxygen atoms in total.